The lowest BCUT2D eigenvalue weighted by atomic mass is 10.2. The van der Waals surface area contributed by atoms with Gasteiger partial charge in [-0.25, -0.2) is 18.6 Å². The van der Waals surface area contributed by atoms with E-state index < -0.39 is 28.4 Å². The molecule has 1 amide bonds. The highest BCUT2D eigenvalue weighted by Crippen LogP contribution is 2.21. The van der Waals surface area contributed by atoms with Crippen LogP contribution in [-0.2, 0) is 24.3 Å². The summed E-state index contributed by atoms with van der Waals surface area (Å²) in [4.78, 5) is 23.9. The SMILES string of the molecule is CCOc1ccc(N(CC(=O)N/N=C\c2ccc(OCC(=O)OCCSC)cc2)S(C)(=O)=O)cc1. The normalized spacial score (nSPS) is 11.2. The lowest BCUT2D eigenvalue weighted by molar-refractivity contribution is -0.145. The summed E-state index contributed by atoms with van der Waals surface area (Å²) in [6.45, 7) is 2.04. The lowest BCUT2D eigenvalue weighted by Gasteiger charge is -2.21. The number of nitrogens with one attached hydrogen (secondary N) is 1. The summed E-state index contributed by atoms with van der Waals surface area (Å²) in [7, 11) is -3.71. The second-order valence-corrected chi connectivity index (χ2v) is 9.95. The minimum absolute atomic E-state index is 0.191. The van der Waals surface area contributed by atoms with Gasteiger partial charge in [0.05, 0.1) is 24.8 Å². The zero-order valence-corrected chi connectivity index (χ0v) is 21.4. The fourth-order valence-corrected chi connectivity index (χ4v) is 3.80. The molecule has 0 saturated carbocycles. The number of benzene rings is 2. The van der Waals surface area contributed by atoms with E-state index in [1.165, 1.54) is 6.21 Å². The van der Waals surface area contributed by atoms with E-state index in [0.29, 0.717) is 36.0 Å². The monoisotopic (exact) mass is 523 g/mol. The number of carbonyl (C=O) groups is 2. The van der Waals surface area contributed by atoms with Crippen molar-refractivity contribution in [1.29, 1.82) is 0 Å². The Bertz CT molecular complexity index is 1090. The lowest BCUT2D eigenvalue weighted by Crippen LogP contribution is -2.39. The van der Waals surface area contributed by atoms with Crippen molar-refractivity contribution in [1.82, 2.24) is 5.43 Å². The predicted octanol–water partition coefficient (Wildman–Crippen LogP) is 2.29. The third kappa shape index (κ3) is 10.3. The zero-order chi connectivity index (χ0) is 25.7. The third-order valence-corrected chi connectivity index (χ3v) is 6.03. The van der Waals surface area contributed by atoms with Crippen molar-refractivity contribution in [2.24, 2.45) is 5.10 Å². The predicted molar refractivity (Wildman–Crippen MR) is 137 cm³/mol. The van der Waals surface area contributed by atoms with Gasteiger partial charge < -0.3 is 14.2 Å². The van der Waals surface area contributed by atoms with Crippen LogP contribution in [0.3, 0.4) is 0 Å². The molecule has 35 heavy (non-hydrogen) atoms. The van der Waals surface area contributed by atoms with Crippen LogP contribution in [0.5, 0.6) is 11.5 Å². The molecule has 0 fully saturated rings. The Kier molecular flexibility index (Phi) is 11.4. The molecule has 0 aliphatic rings. The van der Waals surface area contributed by atoms with Crippen molar-refractivity contribution in [3.05, 3.63) is 54.1 Å². The maximum Gasteiger partial charge on any atom is 0.344 e. The Labute approximate surface area is 209 Å². The molecule has 0 aliphatic carbocycles. The molecule has 0 atom stereocenters. The number of hydrogen-bond donors (Lipinski definition) is 1. The summed E-state index contributed by atoms with van der Waals surface area (Å²) in [6, 6.07) is 13.1. The summed E-state index contributed by atoms with van der Waals surface area (Å²) < 4.78 is 41.1. The van der Waals surface area contributed by atoms with Crippen LogP contribution in [0.4, 0.5) is 5.69 Å². The third-order valence-electron chi connectivity index (χ3n) is 4.31. The van der Waals surface area contributed by atoms with Crippen LogP contribution in [0.25, 0.3) is 0 Å². The highest BCUT2D eigenvalue weighted by Gasteiger charge is 2.20. The van der Waals surface area contributed by atoms with Crippen molar-refractivity contribution >= 4 is 45.6 Å². The van der Waals surface area contributed by atoms with Crippen molar-refractivity contribution in [2.75, 3.05) is 48.9 Å². The molecule has 1 N–H and O–H groups in total. The first-order valence-electron chi connectivity index (χ1n) is 10.6. The summed E-state index contributed by atoms with van der Waals surface area (Å²) in [5.41, 5.74) is 3.31. The number of carbonyl (C=O) groups excluding carboxylic acids is 2. The molecule has 190 valence electrons. The van der Waals surface area contributed by atoms with Gasteiger partial charge in [0.25, 0.3) is 5.91 Å². The molecule has 10 nitrogen and oxygen atoms in total. The summed E-state index contributed by atoms with van der Waals surface area (Å²) in [6.07, 6.45) is 4.35. The maximum absolute atomic E-state index is 12.3. The van der Waals surface area contributed by atoms with Gasteiger partial charge >= 0.3 is 5.97 Å². The van der Waals surface area contributed by atoms with Gasteiger partial charge in [0.1, 0.15) is 24.7 Å². The molecular formula is C23H29N3O7S2. The molecule has 0 saturated heterocycles. The van der Waals surface area contributed by atoms with Gasteiger partial charge in [-0.3, -0.25) is 9.10 Å². The van der Waals surface area contributed by atoms with Gasteiger partial charge in [-0.2, -0.15) is 16.9 Å². The first-order valence-corrected chi connectivity index (χ1v) is 13.9. The molecule has 0 heterocycles. The molecule has 2 aromatic carbocycles. The van der Waals surface area contributed by atoms with E-state index >= 15 is 0 Å². The smallest absolute Gasteiger partial charge is 0.344 e. The van der Waals surface area contributed by atoms with E-state index in [1.807, 2.05) is 13.2 Å². The Morgan fingerprint density at radius 3 is 2.29 bits per heavy atom. The number of sulfonamides is 1. The van der Waals surface area contributed by atoms with Gasteiger partial charge in [-0.1, -0.05) is 0 Å². The van der Waals surface area contributed by atoms with Crippen molar-refractivity contribution in [3.63, 3.8) is 0 Å². The van der Waals surface area contributed by atoms with Crippen LogP contribution >= 0.6 is 11.8 Å². The standard InChI is InChI=1S/C23H29N3O7S2/c1-4-31-20-11-7-19(8-12-20)26(35(3,29)30)16-22(27)25-24-15-18-5-9-21(10-6-18)33-17-23(28)32-13-14-34-2/h5-12,15H,4,13-14,16-17H2,1-3H3,(H,25,27)/b24-15-. The van der Waals surface area contributed by atoms with Gasteiger partial charge in [0.2, 0.25) is 10.0 Å². The number of hydrazone groups is 1. The Hall–Kier alpha value is -3.25. The van der Waals surface area contributed by atoms with E-state index in [-0.39, 0.29) is 6.61 Å². The Morgan fingerprint density at radius 1 is 1.06 bits per heavy atom. The van der Waals surface area contributed by atoms with E-state index in [2.05, 4.69) is 10.5 Å². The molecule has 0 radical (unpaired) electrons. The average molecular weight is 524 g/mol. The van der Waals surface area contributed by atoms with E-state index in [0.717, 1.165) is 16.3 Å². The number of esters is 1. The van der Waals surface area contributed by atoms with Crippen LogP contribution < -0.4 is 19.2 Å². The molecule has 0 bridgehead atoms. The minimum atomic E-state index is -3.71. The maximum atomic E-state index is 12.3. The number of rotatable bonds is 14. The number of hydrogen-bond acceptors (Lipinski definition) is 9. The van der Waals surface area contributed by atoms with Gasteiger partial charge in [-0.15, -0.1) is 0 Å². The fourth-order valence-electron chi connectivity index (χ4n) is 2.69. The van der Waals surface area contributed by atoms with Crippen LogP contribution in [0, 0.1) is 0 Å². The topological polar surface area (TPSA) is 124 Å². The zero-order valence-electron chi connectivity index (χ0n) is 19.8. The van der Waals surface area contributed by atoms with Gasteiger partial charge in [0, 0.05) is 5.75 Å². The van der Waals surface area contributed by atoms with Gasteiger partial charge in [-0.05, 0) is 67.3 Å². The average Bonchev–Trinajstić information content (AvgIpc) is 2.82. The minimum Gasteiger partial charge on any atom is -0.494 e. The number of amides is 1. The first kappa shape index (κ1) is 28.0. The van der Waals surface area contributed by atoms with Crippen LogP contribution in [0.2, 0.25) is 0 Å². The highest BCUT2D eigenvalue weighted by molar-refractivity contribution is 7.98. The van der Waals surface area contributed by atoms with Crippen molar-refractivity contribution in [2.45, 2.75) is 6.92 Å². The second-order valence-electron chi connectivity index (χ2n) is 7.06. The van der Waals surface area contributed by atoms with E-state index in [9.17, 15) is 18.0 Å². The number of anilines is 1. The van der Waals surface area contributed by atoms with Gasteiger partial charge in [0.15, 0.2) is 6.61 Å². The molecular weight excluding hydrogens is 494 g/mol. The largest absolute Gasteiger partial charge is 0.494 e. The first-order chi connectivity index (χ1) is 16.7. The van der Waals surface area contributed by atoms with Crippen LogP contribution in [0.15, 0.2) is 53.6 Å². The Balaban J connectivity index is 1.88. The molecule has 0 aliphatic heterocycles. The van der Waals surface area contributed by atoms with Crippen LogP contribution in [0.1, 0.15) is 12.5 Å². The summed E-state index contributed by atoms with van der Waals surface area (Å²) >= 11 is 1.58. The number of thioether (sulfide) groups is 1. The van der Waals surface area contributed by atoms with E-state index in [4.69, 9.17) is 14.2 Å². The number of ether oxygens (including phenoxy) is 3. The molecule has 2 aromatic rings. The molecule has 2 rings (SSSR count). The molecule has 0 unspecified atom stereocenters. The fraction of sp³-hybridized carbons (Fsp3) is 0.348. The van der Waals surface area contributed by atoms with Crippen LogP contribution in [-0.4, -0.2) is 71.1 Å². The highest BCUT2D eigenvalue weighted by atomic mass is 32.2. The Morgan fingerprint density at radius 2 is 1.69 bits per heavy atom. The molecule has 12 heteroatoms. The molecule has 0 aromatic heterocycles. The summed E-state index contributed by atoms with van der Waals surface area (Å²) in [5.74, 6) is 0.749. The quantitative estimate of drug-likeness (QED) is 0.173. The van der Waals surface area contributed by atoms with E-state index in [1.54, 1.807) is 60.3 Å². The molecule has 0 spiro atoms. The number of nitrogens with zero attached hydrogens (tertiary/aromatic N) is 2. The second kappa shape index (κ2) is 14.2. The van der Waals surface area contributed by atoms with Crippen molar-refractivity contribution < 1.29 is 32.2 Å². The van der Waals surface area contributed by atoms with Crippen molar-refractivity contribution in [3.8, 4) is 11.5 Å². The summed E-state index contributed by atoms with van der Waals surface area (Å²) in [5, 5.41) is 3.87.